The topological polar surface area (TPSA) is 114 Å². The van der Waals surface area contributed by atoms with Gasteiger partial charge in [-0.25, -0.2) is 17.5 Å². The lowest BCUT2D eigenvalue weighted by atomic mass is 10.1. The largest absolute Gasteiger partial charge is 0.484 e. The van der Waals surface area contributed by atoms with Crippen molar-refractivity contribution in [1.82, 2.24) is 9.78 Å². The minimum absolute atomic E-state index is 0.0312. The molecule has 186 valence electrons. The number of ether oxygens (including phenoxy) is 1. The number of aliphatic hydroxyl groups excluding tert-OH is 1. The van der Waals surface area contributed by atoms with E-state index < -0.39 is 51.5 Å². The summed E-state index contributed by atoms with van der Waals surface area (Å²) in [5.74, 6) is -1.67. The van der Waals surface area contributed by atoms with Gasteiger partial charge in [0.1, 0.15) is 22.6 Å². The number of aliphatic hydroxyl groups is 1. The third-order valence-corrected chi connectivity index (χ3v) is 7.38. The Hall–Kier alpha value is -3.29. The average Bonchev–Trinajstić information content (AvgIpc) is 3.21. The molecule has 3 aromatic rings. The molecule has 2 heterocycles. The number of rotatable bonds is 6. The van der Waals surface area contributed by atoms with Crippen LogP contribution in [0.5, 0.6) is 5.75 Å². The second kappa shape index (κ2) is 9.40. The number of nitrogens with one attached hydrogen (secondary N) is 1. The van der Waals surface area contributed by atoms with Gasteiger partial charge >= 0.3 is 6.55 Å². The number of halogens is 4. The van der Waals surface area contributed by atoms with Gasteiger partial charge in [0.05, 0.1) is 41.3 Å². The van der Waals surface area contributed by atoms with Crippen molar-refractivity contribution in [3.05, 3.63) is 64.7 Å². The normalized spacial score (nSPS) is 15.6. The molecule has 1 aliphatic heterocycles. The number of benzene rings is 2. The summed E-state index contributed by atoms with van der Waals surface area (Å²) in [4.78, 5) is 12.2. The second-order valence-corrected chi connectivity index (χ2v) is 9.77. The van der Waals surface area contributed by atoms with Crippen LogP contribution in [0.15, 0.2) is 47.5 Å². The highest BCUT2D eigenvalue weighted by molar-refractivity contribution is 7.92. The predicted octanol–water partition coefficient (Wildman–Crippen LogP) is 3.58. The minimum atomic E-state index is -4.44. The lowest BCUT2D eigenvalue weighted by Crippen LogP contribution is -2.45. The maximum absolute atomic E-state index is 14.1. The Kier molecular flexibility index (Phi) is 6.66. The monoisotopic (exact) mass is 530 g/mol. The molecule has 1 amide bonds. The highest BCUT2D eigenvalue weighted by Gasteiger charge is 2.37. The molecule has 1 aliphatic rings. The highest BCUT2D eigenvalue weighted by atomic mass is 35.5. The van der Waals surface area contributed by atoms with Crippen LogP contribution in [0.1, 0.15) is 22.6 Å². The number of hydrogen-bond donors (Lipinski definition) is 2. The first-order chi connectivity index (χ1) is 16.5. The first-order valence-corrected chi connectivity index (χ1v) is 11.9. The summed E-state index contributed by atoms with van der Waals surface area (Å²) >= 11 is 5.93. The fraction of sp³-hybridized carbons (Fsp3) is 0.238. The van der Waals surface area contributed by atoms with E-state index >= 15 is 0 Å². The first-order valence-electron chi connectivity index (χ1n) is 10.1. The number of nitrogens with zero attached hydrogens (tertiary/aromatic N) is 3. The Balaban J connectivity index is 1.74. The van der Waals surface area contributed by atoms with Gasteiger partial charge in [0.15, 0.2) is 0 Å². The van der Waals surface area contributed by atoms with Crippen molar-refractivity contribution in [2.24, 2.45) is 0 Å². The van der Waals surface area contributed by atoms with E-state index in [0.717, 1.165) is 10.4 Å². The quantitative estimate of drug-likeness (QED) is 0.503. The molecule has 0 fully saturated rings. The van der Waals surface area contributed by atoms with Crippen LogP contribution in [0.3, 0.4) is 0 Å². The van der Waals surface area contributed by atoms with E-state index in [1.54, 1.807) is 0 Å². The number of anilines is 2. The fourth-order valence-corrected chi connectivity index (χ4v) is 5.46. The maximum atomic E-state index is 14.1. The SMILES string of the molecule is Cc1nn(C(F)F)cc1S(=O)(=O)N1C[C@H](CO)Oc2ccc(NC(=O)c3c(F)cccc3Cl)cc21. The number of carbonyl (C=O) groups is 1. The first kappa shape index (κ1) is 24.8. The van der Waals surface area contributed by atoms with E-state index in [1.807, 2.05) is 0 Å². The molecule has 4 rings (SSSR count). The van der Waals surface area contributed by atoms with Crippen LogP contribution in [0, 0.1) is 12.7 Å². The number of aryl methyl sites for hydroxylation is 1. The van der Waals surface area contributed by atoms with E-state index in [1.165, 1.54) is 37.3 Å². The highest BCUT2D eigenvalue weighted by Crippen LogP contribution is 2.39. The van der Waals surface area contributed by atoms with Gasteiger partial charge in [0.2, 0.25) is 0 Å². The molecule has 2 N–H and O–H groups in total. The van der Waals surface area contributed by atoms with Crippen LogP contribution in [-0.4, -0.2) is 48.5 Å². The number of sulfonamides is 1. The average molecular weight is 531 g/mol. The lowest BCUT2D eigenvalue weighted by Gasteiger charge is -2.35. The molecule has 0 aliphatic carbocycles. The molecule has 9 nitrogen and oxygen atoms in total. The Morgan fingerprint density at radius 3 is 2.71 bits per heavy atom. The third-order valence-electron chi connectivity index (χ3n) is 5.18. The van der Waals surface area contributed by atoms with Crippen LogP contribution in [-0.2, 0) is 10.0 Å². The molecule has 14 heteroatoms. The van der Waals surface area contributed by atoms with Crippen molar-refractivity contribution < 1.29 is 36.2 Å². The van der Waals surface area contributed by atoms with Gasteiger partial charge in [-0.05, 0) is 37.3 Å². The van der Waals surface area contributed by atoms with E-state index in [0.29, 0.717) is 6.20 Å². The lowest BCUT2D eigenvalue weighted by molar-refractivity contribution is 0.0561. The zero-order valence-electron chi connectivity index (χ0n) is 18.0. The smallest absolute Gasteiger partial charge is 0.333 e. The van der Waals surface area contributed by atoms with Crippen molar-refractivity contribution >= 4 is 38.9 Å². The molecule has 0 saturated carbocycles. The molecular formula is C21H18ClF3N4O5S. The van der Waals surface area contributed by atoms with Crippen LogP contribution in [0.2, 0.25) is 5.02 Å². The summed E-state index contributed by atoms with van der Waals surface area (Å²) in [6.45, 7) is -2.65. The van der Waals surface area contributed by atoms with Crippen molar-refractivity contribution in [3.8, 4) is 5.75 Å². The molecule has 35 heavy (non-hydrogen) atoms. The standard InChI is InChI=1S/C21H18ClF3N4O5S/c1-11-18(9-28(27-11)21(24)25)35(32,33)29-8-13(10-30)34-17-6-5-12(7-16(17)29)26-20(31)19-14(22)3-2-4-15(19)23/h2-7,9,13,21,30H,8,10H2,1H3,(H,26,31)/t13-/m1/s1. The minimum Gasteiger partial charge on any atom is -0.484 e. The molecule has 2 aromatic carbocycles. The van der Waals surface area contributed by atoms with Gasteiger partial charge in [0, 0.05) is 5.69 Å². The molecule has 1 aromatic heterocycles. The van der Waals surface area contributed by atoms with Gasteiger partial charge in [-0.2, -0.15) is 13.9 Å². The molecule has 0 bridgehead atoms. The summed E-state index contributed by atoms with van der Waals surface area (Å²) in [5.41, 5.74) is -0.504. The predicted molar refractivity (Wildman–Crippen MR) is 120 cm³/mol. The molecule has 0 radical (unpaired) electrons. The summed E-state index contributed by atoms with van der Waals surface area (Å²) < 4.78 is 73.9. The zero-order valence-corrected chi connectivity index (χ0v) is 19.5. The summed E-state index contributed by atoms with van der Waals surface area (Å²) in [6.07, 6.45) is -0.232. The van der Waals surface area contributed by atoms with Gasteiger partial charge in [-0.1, -0.05) is 17.7 Å². The Labute approximate surface area is 202 Å². The molecule has 1 atom stereocenters. The number of aromatic nitrogens is 2. The third kappa shape index (κ3) is 4.66. The van der Waals surface area contributed by atoms with Gasteiger partial charge in [-0.3, -0.25) is 9.10 Å². The Morgan fingerprint density at radius 1 is 1.34 bits per heavy atom. The Morgan fingerprint density at radius 2 is 2.09 bits per heavy atom. The van der Waals surface area contributed by atoms with E-state index in [9.17, 15) is 31.5 Å². The van der Waals surface area contributed by atoms with E-state index in [-0.39, 0.29) is 39.1 Å². The van der Waals surface area contributed by atoms with Gasteiger partial charge < -0.3 is 15.2 Å². The van der Waals surface area contributed by atoms with Gasteiger partial charge in [0.25, 0.3) is 15.9 Å². The van der Waals surface area contributed by atoms with Crippen LogP contribution in [0.25, 0.3) is 0 Å². The van der Waals surface area contributed by atoms with Crippen molar-refractivity contribution in [2.75, 3.05) is 22.8 Å². The van der Waals surface area contributed by atoms with Gasteiger partial charge in [-0.15, -0.1) is 0 Å². The fourth-order valence-electron chi connectivity index (χ4n) is 3.56. The van der Waals surface area contributed by atoms with Crippen LogP contribution >= 0.6 is 11.6 Å². The zero-order chi connectivity index (χ0) is 25.5. The maximum Gasteiger partial charge on any atom is 0.333 e. The molecule has 0 saturated heterocycles. The van der Waals surface area contributed by atoms with Crippen molar-refractivity contribution in [1.29, 1.82) is 0 Å². The number of alkyl halides is 2. The van der Waals surface area contributed by atoms with E-state index in [4.69, 9.17) is 16.3 Å². The van der Waals surface area contributed by atoms with Crippen LogP contribution < -0.4 is 14.4 Å². The second-order valence-electron chi connectivity index (χ2n) is 7.53. The molecular weight excluding hydrogens is 513 g/mol. The summed E-state index contributed by atoms with van der Waals surface area (Å²) in [5, 5.41) is 15.5. The number of fused-ring (bicyclic) bond motifs is 1. The number of hydrogen-bond acceptors (Lipinski definition) is 6. The van der Waals surface area contributed by atoms with Crippen LogP contribution in [0.4, 0.5) is 24.5 Å². The van der Waals surface area contributed by atoms with E-state index in [2.05, 4.69) is 10.4 Å². The Bertz CT molecular complexity index is 1380. The molecule has 0 spiro atoms. The summed E-state index contributed by atoms with van der Waals surface area (Å²) in [7, 11) is -4.44. The summed E-state index contributed by atoms with van der Waals surface area (Å²) in [6, 6.07) is 7.74. The number of amides is 1. The van der Waals surface area contributed by atoms with Crippen molar-refractivity contribution in [3.63, 3.8) is 0 Å². The van der Waals surface area contributed by atoms with Crippen molar-refractivity contribution in [2.45, 2.75) is 24.5 Å². The number of carbonyl (C=O) groups excluding carboxylic acids is 1. The molecule has 0 unspecified atom stereocenters.